The summed E-state index contributed by atoms with van der Waals surface area (Å²) in [6.07, 6.45) is 9.18. The van der Waals surface area contributed by atoms with Crippen LogP contribution in [-0.2, 0) is 0 Å². The standard InChI is InChI=1S/C19H15NO6/c1-13-12-17(22)18(19(23)26-13)16(21)7-5-3-2-4-6-14-8-10-15(11-9-14)20(24)25/h2-12,22H,1H3. The molecule has 0 saturated heterocycles. The van der Waals surface area contributed by atoms with Gasteiger partial charge in [-0.05, 0) is 30.7 Å². The molecular formula is C19H15NO6. The number of allylic oxidation sites excluding steroid dienone is 5. The number of rotatable bonds is 6. The van der Waals surface area contributed by atoms with Crippen LogP contribution in [0.1, 0.15) is 21.7 Å². The van der Waals surface area contributed by atoms with Crippen LogP contribution in [0.15, 0.2) is 69.9 Å². The smallest absolute Gasteiger partial charge is 0.351 e. The van der Waals surface area contributed by atoms with E-state index in [1.54, 1.807) is 36.4 Å². The largest absolute Gasteiger partial charge is 0.507 e. The van der Waals surface area contributed by atoms with E-state index in [1.807, 2.05) is 0 Å². The summed E-state index contributed by atoms with van der Waals surface area (Å²) >= 11 is 0. The summed E-state index contributed by atoms with van der Waals surface area (Å²) in [4.78, 5) is 33.6. The molecule has 0 spiro atoms. The van der Waals surface area contributed by atoms with Gasteiger partial charge < -0.3 is 9.52 Å². The first-order valence-corrected chi connectivity index (χ1v) is 7.52. The molecule has 1 N–H and O–H groups in total. The van der Waals surface area contributed by atoms with Gasteiger partial charge in [0.25, 0.3) is 5.69 Å². The van der Waals surface area contributed by atoms with Crippen LogP contribution >= 0.6 is 0 Å². The van der Waals surface area contributed by atoms with Crippen molar-refractivity contribution in [2.24, 2.45) is 0 Å². The lowest BCUT2D eigenvalue weighted by Crippen LogP contribution is -2.12. The number of ketones is 1. The van der Waals surface area contributed by atoms with Gasteiger partial charge in [-0.25, -0.2) is 4.79 Å². The molecular weight excluding hydrogens is 338 g/mol. The van der Waals surface area contributed by atoms with Crippen LogP contribution in [0, 0.1) is 17.0 Å². The second kappa shape index (κ2) is 8.39. The first kappa shape index (κ1) is 18.6. The molecule has 26 heavy (non-hydrogen) atoms. The maximum atomic E-state index is 11.9. The fraction of sp³-hybridized carbons (Fsp3) is 0.0526. The van der Waals surface area contributed by atoms with E-state index in [4.69, 9.17) is 4.42 Å². The average molecular weight is 353 g/mol. The minimum Gasteiger partial charge on any atom is -0.507 e. The van der Waals surface area contributed by atoms with Gasteiger partial charge in [-0.2, -0.15) is 0 Å². The van der Waals surface area contributed by atoms with Crippen molar-refractivity contribution >= 4 is 17.5 Å². The molecule has 0 radical (unpaired) electrons. The van der Waals surface area contributed by atoms with E-state index >= 15 is 0 Å². The molecule has 2 rings (SSSR count). The molecule has 2 aromatic rings. The predicted octanol–water partition coefficient (Wildman–Crippen LogP) is 3.57. The van der Waals surface area contributed by atoms with E-state index in [0.29, 0.717) is 0 Å². The van der Waals surface area contributed by atoms with E-state index in [-0.39, 0.29) is 11.4 Å². The maximum absolute atomic E-state index is 11.9. The van der Waals surface area contributed by atoms with E-state index in [2.05, 4.69) is 0 Å². The summed E-state index contributed by atoms with van der Waals surface area (Å²) in [5.41, 5.74) is -0.508. The van der Waals surface area contributed by atoms with Gasteiger partial charge in [0, 0.05) is 18.2 Å². The average Bonchev–Trinajstić information content (AvgIpc) is 2.57. The Kier molecular flexibility index (Phi) is 6.00. The Balaban J connectivity index is 1.98. The first-order valence-electron chi connectivity index (χ1n) is 7.52. The second-order valence-electron chi connectivity index (χ2n) is 5.22. The summed E-state index contributed by atoms with van der Waals surface area (Å²) in [5.74, 6) is -0.875. The van der Waals surface area contributed by atoms with Crippen molar-refractivity contribution in [2.75, 3.05) is 0 Å². The number of carbonyl (C=O) groups is 1. The second-order valence-corrected chi connectivity index (χ2v) is 5.22. The normalized spacial score (nSPS) is 11.6. The summed E-state index contributed by atoms with van der Waals surface area (Å²) in [5, 5.41) is 20.2. The Labute approximate surface area is 148 Å². The fourth-order valence-corrected chi connectivity index (χ4v) is 2.05. The minimum absolute atomic E-state index is 0.0166. The van der Waals surface area contributed by atoms with E-state index in [1.165, 1.54) is 31.2 Å². The summed E-state index contributed by atoms with van der Waals surface area (Å²) in [6.45, 7) is 1.49. The quantitative estimate of drug-likeness (QED) is 0.279. The third-order valence-corrected chi connectivity index (χ3v) is 3.27. The Morgan fingerprint density at radius 3 is 2.42 bits per heavy atom. The van der Waals surface area contributed by atoms with E-state index in [0.717, 1.165) is 11.6 Å². The van der Waals surface area contributed by atoms with Gasteiger partial charge in [0.15, 0.2) is 5.78 Å². The van der Waals surface area contributed by atoms with Gasteiger partial charge in [-0.1, -0.05) is 30.4 Å². The number of nitro groups is 1. The topological polar surface area (TPSA) is 111 Å². The predicted molar refractivity (Wildman–Crippen MR) is 96.1 cm³/mol. The Morgan fingerprint density at radius 1 is 1.15 bits per heavy atom. The lowest BCUT2D eigenvalue weighted by molar-refractivity contribution is -0.384. The molecule has 7 heteroatoms. The van der Waals surface area contributed by atoms with Crippen molar-refractivity contribution in [2.45, 2.75) is 6.92 Å². The molecule has 1 heterocycles. The highest BCUT2D eigenvalue weighted by Gasteiger charge is 2.15. The first-order chi connectivity index (χ1) is 12.4. The number of non-ortho nitro benzene ring substituents is 1. The van der Waals surface area contributed by atoms with Crippen molar-refractivity contribution in [3.63, 3.8) is 0 Å². The van der Waals surface area contributed by atoms with Crippen LogP contribution in [0.2, 0.25) is 0 Å². The number of hydrogen-bond acceptors (Lipinski definition) is 6. The molecule has 0 amide bonds. The minimum atomic E-state index is -0.890. The fourth-order valence-electron chi connectivity index (χ4n) is 2.05. The van der Waals surface area contributed by atoms with Gasteiger partial charge in [0.2, 0.25) is 0 Å². The third-order valence-electron chi connectivity index (χ3n) is 3.27. The Bertz CT molecular complexity index is 965. The highest BCUT2D eigenvalue weighted by Crippen LogP contribution is 2.15. The molecule has 7 nitrogen and oxygen atoms in total. The van der Waals surface area contributed by atoms with Crippen molar-refractivity contribution in [3.8, 4) is 5.75 Å². The highest BCUT2D eigenvalue weighted by atomic mass is 16.6. The van der Waals surface area contributed by atoms with Gasteiger partial charge in [-0.15, -0.1) is 0 Å². The Morgan fingerprint density at radius 2 is 1.81 bits per heavy atom. The highest BCUT2D eigenvalue weighted by molar-refractivity contribution is 6.06. The van der Waals surface area contributed by atoms with Crippen LogP contribution in [0.3, 0.4) is 0 Å². The zero-order chi connectivity index (χ0) is 19.1. The summed E-state index contributed by atoms with van der Waals surface area (Å²) < 4.78 is 4.79. The van der Waals surface area contributed by atoms with Crippen molar-refractivity contribution < 1.29 is 19.2 Å². The van der Waals surface area contributed by atoms with Crippen LogP contribution < -0.4 is 5.63 Å². The molecule has 0 bridgehead atoms. The lowest BCUT2D eigenvalue weighted by Gasteiger charge is -1.99. The number of aromatic hydroxyl groups is 1. The zero-order valence-corrected chi connectivity index (χ0v) is 13.8. The van der Waals surface area contributed by atoms with Crippen molar-refractivity contribution in [1.82, 2.24) is 0 Å². The van der Waals surface area contributed by atoms with Crippen molar-refractivity contribution in [1.29, 1.82) is 0 Å². The van der Waals surface area contributed by atoms with Crippen LogP contribution in [-0.4, -0.2) is 15.8 Å². The van der Waals surface area contributed by atoms with Gasteiger partial charge in [0.05, 0.1) is 4.92 Å². The number of hydrogen-bond donors (Lipinski definition) is 1. The molecule has 1 aromatic carbocycles. The molecule has 0 atom stereocenters. The van der Waals surface area contributed by atoms with Crippen molar-refractivity contribution in [3.05, 3.63) is 98.1 Å². The Hall–Kier alpha value is -3.74. The number of aryl methyl sites for hydroxylation is 1. The van der Waals surface area contributed by atoms with E-state index < -0.39 is 27.6 Å². The molecule has 0 saturated carbocycles. The number of nitrogens with zero attached hydrogens (tertiary/aromatic N) is 1. The molecule has 0 aliphatic carbocycles. The van der Waals surface area contributed by atoms with E-state index in [9.17, 15) is 24.8 Å². The zero-order valence-electron chi connectivity index (χ0n) is 13.8. The molecule has 0 unspecified atom stereocenters. The molecule has 0 fully saturated rings. The van der Waals surface area contributed by atoms with Crippen LogP contribution in [0.25, 0.3) is 6.08 Å². The monoisotopic (exact) mass is 353 g/mol. The van der Waals surface area contributed by atoms with Gasteiger partial charge in [-0.3, -0.25) is 14.9 Å². The molecule has 0 aliphatic heterocycles. The van der Waals surface area contributed by atoms with Gasteiger partial charge in [0.1, 0.15) is 17.1 Å². The molecule has 1 aromatic heterocycles. The van der Waals surface area contributed by atoms with Gasteiger partial charge >= 0.3 is 5.63 Å². The maximum Gasteiger partial charge on any atom is 0.351 e. The third kappa shape index (κ3) is 4.88. The van der Waals surface area contributed by atoms with Crippen LogP contribution in [0.4, 0.5) is 5.69 Å². The lowest BCUT2D eigenvalue weighted by atomic mass is 10.1. The molecule has 132 valence electrons. The summed E-state index contributed by atoms with van der Waals surface area (Å²) in [6, 6.07) is 7.23. The number of carbonyl (C=O) groups excluding carboxylic acids is 1. The van der Waals surface area contributed by atoms with Crippen LogP contribution in [0.5, 0.6) is 5.75 Å². The number of nitro benzene ring substituents is 1. The summed E-state index contributed by atoms with van der Waals surface area (Å²) in [7, 11) is 0. The number of benzene rings is 1. The molecule has 0 aliphatic rings. The SMILES string of the molecule is Cc1cc(O)c(C(=O)C=CC=CC=Cc2ccc([N+](=O)[O-])cc2)c(=O)o1.